The Hall–Kier alpha value is -2.57. The van der Waals surface area contributed by atoms with Crippen molar-refractivity contribution in [3.63, 3.8) is 0 Å². The molecule has 0 unspecified atom stereocenters. The van der Waals surface area contributed by atoms with Gasteiger partial charge < -0.3 is 16.2 Å². The molecule has 0 aliphatic carbocycles. The molecule has 0 radical (unpaired) electrons. The van der Waals surface area contributed by atoms with Gasteiger partial charge in [0.25, 0.3) is 10.0 Å². The summed E-state index contributed by atoms with van der Waals surface area (Å²) in [6.07, 6.45) is 0. The zero-order chi connectivity index (χ0) is 17.9. The number of nitrogens with two attached hydrogens (primary N) is 1. The molecule has 9 nitrogen and oxygen atoms in total. The van der Waals surface area contributed by atoms with Crippen LogP contribution in [0.15, 0.2) is 28.6 Å². The number of hydrogen-bond acceptors (Lipinski definition) is 7. The van der Waals surface area contributed by atoms with Gasteiger partial charge in [-0.2, -0.15) is 0 Å². The second-order valence-electron chi connectivity index (χ2n) is 4.33. The van der Waals surface area contributed by atoms with Crippen molar-refractivity contribution in [3.05, 3.63) is 35.2 Å². The molecule has 1 heterocycles. The van der Waals surface area contributed by atoms with Gasteiger partial charge in [-0.05, 0) is 18.2 Å². The van der Waals surface area contributed by atoms with E-state index in [0.717, 1.165) is 29.0 Å². The van der Waals surface area contributed by atoms with E-state index >= 15 is 0 Å². The van der Waals surface area contributed by atoms with Crippen molar-refractivity contribution in [1.29, 1.82) is 0 Å². The summed E-state index contributed by atoms with van der Waals surface area (Å²) >= 11 is 0.771. The third-order valence-corrected chi connectivity index (χ3v) is 4.93. The number of nitrogens with zero attached hydrogens (tertiary/aromatic N) is 1. The van der Waals surface area contributed by atoms with E-state index in [0.29, 0.717) is 6.07 Å². The number of carbonyl (C=O) groups is 2. The topological polar surface area (TPSA) is 151 Å². The molecule has 2 rings (SSSR count). The molecular weight excluding hydrogens is 363 g/mol. The molecule has 24 heavy (non-hydrogen) atoms. The van der Waals surface area contributed by atoms with Crippen LogP contribution in [0.5, 0.6) is 0 Å². The van der Waals surface area contributed by atoms with Gasteiger partial charge in [0, 0.05) is 0 Å². The van der Waals surface area contributed by atoms with Crippen LogP contribution < -0.4 is 15.8 Å². The lowest BCUT2D eigenvalue weighted by atomic mass is 10.3. The average Bonchev–Trinajstić information content (AvgIpc) is 2.96. The summed E-state index contributed by atoms with van der Waals surface area (Å²) in [4.78, 5) is 25.1. The predicted molar refractivity (Wildman–Crippen MR) is 84.0 cm³/mol. The molecule has 12 heteroatoms. The van der Waals surface area contributed by atoms with E-state index in [2.05, 4.69) is 10.3 Å². The van der Waals surface area contributed by atoms with E-state index in [1.165, 1.54) is 0 Å². The number of anilines is 2. The fourth-order valence-corrected chi connectivity index (χ4v) is 3.62. The Kier molecular flexibility index (Phi) is 5.11. The van der Waals surface area contributed by atoms with E-state index in [9.17, 15) is 22.4 Å². The van der Waals surface area contributed by atoms with Crippen molar-refractivity contribution in [2.45, 2.75) is 4.90 Å². The number of halogens is 1. The molecule has 0 aliphatic rings. The Morgan fingerprint density at radius 3 is 2.67 bits per heavy atom. The van der Waals surface area contributed by atoms with Crippen molar-refractivity contribution >= 4 is 43.9 Å². The lowest BCUT2D eigenvalue weighted by Crippen LogP contribution is -2.22. The van der Waals surface area contributed by atoms with Gasteiger partial charge in [-0.25, -0.2) is 22.6 Å². The molecule has 0 bridgehead atoms. The van der Waals surface area contributed by atoms with Crippen LogP contribution in [0.2, 0.25) is 0 Å². The normalized spacial score (nSPS) is 11.1. The Labute approximate surface area is 139 Å². The molecule has 1 aromatic carbocycles. The number of amides is 1. The van der Waals surface area contributed by atoms with Gasteiger partial charge in [-0.15, -0.1) is 11.3 Å². The quantitative estimate of drug-likeness (QED) is 0.580. The van der Waals surface area contributed by atoms with Crippen molar-refractivity contribution in [3.8, 4) is 0 Å². The van der Waals surface area contributed by atoms with Gasteiger partial charge in [-0.3, -0.25) is 9.52 Å². The van der Waals surface area contributed by atoms with Crippen LogP contribution in [0.3, 0.4) is 0 Å². The minimum atomic E-state index is -4.23. The largest absolute Gasteiger partial charge is 0.476 e. The Bertz CT molecular complexity index is 897. The van der Waals surface area contributed by atoms with Crippen LogP contribution in [0.25, 0.3) is 0 Å². The van der Waals surface area contributed by atoms with E-state index in [1.807, 2.05) is 4.72 Å². The molecule has 2 aromatic rings. The lowest BCUT2D eigenvalue weighted by Gasteiger charge is -2.09. The summed E-state index contributed by atoms with van der Waals surface area (Å²) in [5.74, 6) is -3.03. The molecular formula is C12H11FN4O5S2. The van der Waals surface area contributed by atoms with Gasteiger partial charge in [0.1, 0.15) is 10.8 Å². The maximum absolute atomic E-state index is 13.9. The van der Waals surface area contributed by atoms with Crippen molar-refractivity contribution in [2.75, 3.05) is 16.6 Å². The molecule has 0 fully saturated rings. The maximum Gasteiger partial charge on any atom is 0.357 e. The predicted octanol–water partition coefficient (Wildman–Crippen LogP) is 0.678. The number of carboxylic acid groups (broad SMARTS) is 1. The average molecular weight is 374 g/mol. The first-order valence-electron chi connectivity index (χ1n) is 6.23. The first kappa shape index (κ1) is 17.8. The number of hydrogen-bond donors (Lipinski definition) is 4. The molecule has 1 aromatic heterocycles. The molecule has 0 atom stereocenters. The molecule has 5 N–H and O–H groups in total. The van der Waals surface area contributed by atoms with Crippen molar-refractivity contribution < 1.29 is 27.5 Å². The summed E-state index contributed by atoms with van der Waals surface area (Å²) in [6, 6.07) is 2.80. The van der Waals surface area contributed by atoms with E-state index < -0.39 is 38.3 Å². The number of thiazole rings is 1. The SMILES string of the molecule is NCC(=O)Nc1ccc(S(=O)(=O)Nc2scnc2C(=O)O)cc1F. The molecule has 0 aliphatic heterocycles. The molecule has 0 saturated carbocycles. The summed E-state index contributed by atoms with van der Waals surface area (Å²) < 4.78 is 40.4. The fraction of sp³-hybridized carbons (Fsp3) is 0.0833. The molecule has 0 spiro atoms. The highest BCUT2D eigenvalue weighted by Crippen LogP contribution is 2.25. The first-order chi connectivity index (χ1) is 11.2. The number of nitrogens with one attached hydrogen (secondary N) is 2. The van der Waals surface area contributed by atoms with Gasteiger partial charge in [0.2, 0.25) is 5.91 Å². The zero-order valence-corrected chi connectivity index (χ0v) is 13.4. The van der Waals surface area contributed by atoms with Gasteiger partial charge >= 0.3 is 5.97 Å². The summed E-state index contributed by atoms with van der Waals surface area (Å²) in [5, 5.41) is 10.9. The van der Waals surface area contributed by atoms with E-state index in [4.69, 9.17) is 10.8 Å². The van der Waals surface area contributed by atoms with Crippen LogP contribution in [-0.4, -0.2) is 36.9 Å². The van der Waals surface area contributed by atoms with Gasteiger partial charge in [0.05, 0.1) is 22.6 Å². The van der Waals surface area contributed by atoms with Crippen molar-refractivity contribution in [2.24, 2.45) is 5.73 Å². The number of rotatable bonds is 6. The van der Waals surface area contributed by atoms with E-state index in [-0.39, 0.29) is 17.2 Å². The molecule has 1 amide bonds. The van der Waals surface area contributed by atoms with E-state index in [1.54, 1.807) is 0 Å². The lowest BCUT2D eigenvalue weighted by molar-refractivity contribution is -0.114. The molecule has 128 valence electrons. The Balaban J connectivity index is 2.29. The van der Waals surface area contributed by atoms with Gasteiger partial charge in [-0.1, -0.05) is 0 Å². The number of benzene rings is 1. The second-order valence-corrected chi connectivity index (χ2v) is 6.87. The number of aromatic carboxylic acids is 1. The number of sulfonamides is 1. The zero-order valence-electron chi connectivity index (χ0n) is 11.8. The van der Waals surface area contributed by atoms with Crippen LogP contribution in [0.4, 0.5) is 15.1 Å². The van der Waals surface area contributed by atoms with Crippen molar-refractivity contribution in [1.82, 2.24) is 4.98 Å². The minimum absolute atomic E-state index is 0.205. The summed E-state index contributed by atoms with van der Waals surface area (Å²) in [6.45, 7) is -0.357. The fourth-order valence-electron chi connectivity index (χ4n) is 1.62. The highest BCUT2D eigenvalue weighted by molar-refractivity contribution is 7.93. The molecule has 0 saturated heterocycles. The summed E-state index contributed by atoms with van der Waals surface area (Å²) in [5.41, 5.74) is 5.56. The standard InChI is InChI=1S/C12H11FN4O5S2/c13-7-3-6(1-2-8(7)16-9(18)4-14)24(21,22)17-11-10(12(19)20)15-5-23-11/h1-3,5,17H,4,14H2,(H,16,18)(H,19,20). The van der Waals surface area contributed by atoms with Crippen LogP contribution in [0.1, 0.15) is 10.5 Å². The number of aromatic nitrogens is 1. The van der Waals surface area contributed by atoms with Gasteiger partial charge in [0.15, 0.2) is 5.69 Å². The number of carboxylic acids is 1. The van der Waals surface area contributed by atoms with Crippen LogP contribution in [-0.2, 0) is 14.8 Å². The third kappa shape index (κ3) is 3.84. The third-order valence-electron chi connectivity index (χ3n) is 2.71. The second kappa shape index (κ2) is 6.90. The summed E-state index contributed by atoms with van der Waals surface area (Å²) in [7, 11) is -4.23. The maximum atomic E-state index is 13.9. The minimum Gasteiger partial charge on any atom is -0.476 e. The Morgan fingerprint density at radius 1 is 1.38 bits per heavy atom. The number of carbonyl (C=O) groups excluding carboxylic acids is 1. The highest BCUT2D eigenvalue weighted by Gasteiger charge is 2.22. The van der Waals surface area contributed by atoms with Crippen LogP contribution >= 0.6 is 11.3 Å². The highest BCUT2D eigenvalue weighted by atomic mass is 32.2. The van der Waals surface area contributed by atoms with Crippen LogP contribution in [0, 0.1) is 5.82 Å². The Morgan fingerprint density at radius 2 is 2.08 bits per heavy atom. The smallest absolute Gasteiger partial charge is 0.357 e. The monoisotopic (exact) mass is 374 g/mol. The first-order valence-corrected chi connectivity index (χ1v) is 8.60.